The molecule has 2 rings (SSSR count). The summed E-state index contributed by atoms with van der Waals surface area (Å²) in [6.07, 6.45) is 1.35. The fourth-order valence-electron chi connectivity index (χ4n) is 2.49. The van der Waals surface area contributed by atoms with Gasteiger partial charge in [-0.2, -0.15) is 0 Å². The number of aliphatic hydroxyl groups is 1. The molecule has 1 atom stereocenters. The zero-order valence-electron chi connectivity index (χ0n) is 12.5. The Morgan fingerprint density at radius 3 is 2.85 bits per heavy atom. The van der Waals surface area contributed by atoms with Crippen molar-refractivity contribution in [1.29, 1.82) is 0 Å². The molecule has 0 aliphatic carbocycles. The van der Waals surface area contributed by atoms with Crippen molar-refractivity contribution in [2.45, 2.75) is 45.3 Å². The Bertz CT molecular complexity index is 456. The molecule has 1 unspecified atom stereocenters. The fraction of sp³-hybridized carbons (Fsp3) is 0.625. The van der Waals surface area contributed by atoms with Crippen LogP contribution >= 0.6 is 0 Å². The van der Waals surface area contributed by atoms with Gasteiger partial charge >= 0.3 is 0 Å². The second kappa shape index (κ2) is 6.10. The lowest BCUT2D eigenvalue weighted by Crippen LogP contribution is -2.39. The molecule has 1 aliphatic rings. The van der Waals surface area contributed by atoms with Crippen molar-refractivity contribution >= 4 is 5.69 Å². The number of benzene rings is 1. The molecule has 0 saturated carbocycles. The van der Waals surface area contributed by atoms with Crippen molar-refractivity contribution < 1.29 is 14.2 Å². The van der Waals surface area contributed by atoms with Gasteiger partial charge in [-0.25, -0.2) is 4.39 Å². The van der Waals surface area contributed by atoms with E-state index in [1.807, 2.05) is 20.8 Å². The number of β-amino-alcohol motifs (C(OH)–C–C–N with tert-alkyl or cyclic N) is 1. The van der Waals surface area contributed by atoms with Crippen LogP contribution in [0.1, 0.15) is 32.8 Å². The number of hydrogen-bond acceptors (Lipinski definition) is 3. The first-order valence-corrected chi connectivity index (χ1v) is 7.20. The summed E-state index contributed by atoms with van der Waals surface area (Å²) in [7, 11) is 0. The van der Waals surface area contributed by atoms with Crippen LogP contribution < -0.4 is 4.90 Å². The summed E-state index contributed by atoms with van der Waals surface area (Å²) in [4.78, 5) is 2.12. The molecule has 1 aromatic carbocycles. The van der Waals surface area contributed by atoms with E-state index in [0.717, 1.165) is 30.6 Å². The maximum atomic E-state index is 13.2. The van der Waals surface area contributed by atoms with Crippen LogP contribution in [-0.2, 0) is 11.2 Å². The Kier molecular flexibility index (Phi) is 4.66. The predicted molar refractivity (Wildman–Crippen MR) is 78.6 cm³/mol. The lowest BCUT2D eigenvalue weighted by molar-refractivity contribution is -0.0464. The summed E-state index contributed by atoms with van der Waals surface area (Å²) in [6.45, 7) is 7.65. The number of nitrogens with zero attached hydrogens (tertiary/aromatic N) is 1. The van der Waals surface area contributed by atoms with E-state index in [1.54, 1.807) is 12.1 Å². The zero-order valence-corrected chi connectivity index (χ0v) is 12.5. The predicted octanol–water partition coefficient (Wildman–Crippen LogP) is 2.75. The highest BCUT2D eigenvalue weighted by atomic mass is 19.1. The third-order valence-corrected chi connectivity index (χ3v) is 3.40. The number of aryl methyl sites for hydroxylation is 1. The maximum absolute atomic E-state index is 13.2. The van der Waals surface area contributed by atoms with E-state index in [0.29, 0.717) is 13.2 Å². The molecule has 0 amide bonds. The van der Waals surface area contributed by atoms with E-state index < -0.39 is 6.10 Å². The van der Waals surface area contributed by atoms with E-state index >= 15 is 0 Å². The molecule has 0 saturated heterocycles. The van der Waals surface area contributed by atoms with E-state index in [1.165, 1.54) is 6.07 Å². The van der Waals surface area contributed by atoms with E-state index in [-0.39, 0.29) is 11.4 Å². The Balaban J connectivity index is 1.98. The monoisotopic (exact) mass is 281 g/mol. The number of hydrogen-bond donors (Lipinski definition) is 1. The van der Waals surface area contributed by atoms with Gasteiger partial charge in [0.2, 0.25) is 0 Å². The molecule has 0 spiro atoms. The smallest absolute Gasteiger partial charge is 0.123 e. The highest BCUT2D eigenvalue weighted by Crippen LogP contribution is 2.27. The average molecular weight is 281 g/mol. The van der Waals surface area contributed by atoms with Crippen molar-refractivity contribution in [2.24, 2.45) is 0 Å². The van der Waals surface area contributed by atoms with Gasteiger partial charge in [-0.3, -0.25) is 0 Å². The van der Waals surface area contributed by atoms with Gasteiger partial charge in [-0.05, 0) is 57.4 Å². The third kappa shape index (κ3) is 4.18. The molecule has 1 aliphatic heterocycles. The molecule has 1 heterocycles. The highest BCUT2D eigenvalue weighted by Gasteiger charge is 2.21. The van der Waals surface area contributed by atoms with Gasteiger partial charge in [0, 0.05) is 18.8 Å². The molecule has 112 valence electrons. The highest BCUT2D eigenvalue weighted by molar-refractivity contribution is 5.55. The van der Waals surface area contributed by atoms with Crippen LogP contribution in [-0.4, -0.2) is 36.5 Å². The number of anilines is 1. The van der Waals surface area contributed by atoms with Gasteiger partial charge in [0.1, 0.15) is 5.82 Å². The van der Waals surface area contributed by atoms with Crippen molar-refractivity contribution in [3.8, 4) is 0 Å². The number of halogens is 1. The number of aliphatic hydroxyl groups excluding tert-OH is 1. The fourth-order valence-corrected chi connectivity index (χ4v) is 2.49. The third-order valence-electron chi connectivity index (χ3n) is 3.40. The Labute approximate surface area is 120 Å². The minimum atomic E-state index is -0.537. The van der Waals surface area contributed by atoms with Gasteiger partial charge in [0.15, 0.2) is 0 Å². The Morgan fingerprint density at radius 2 is 2.15 bits per heavy atom. The van der Waals surface area contributed by atoms with E-state index in [4.69, 9.17) is 4.74 Å². The summed E-state index contributed by atoms with van der Waals surface area (Å²) >= 11 is 0. The Hall–Kier alpha value is -1.13. The van der Waals surface area contributed by atoms with Crippen LogP contribution in [0.15, 0.2) is 18.2 Å². The molecule has 0 radical (unpaired) electrons. The van der Waals surface area contributed by atoms with Crippen LogP contribution in [0.2, 0.25) is 0 Å². The van der Waals surface area contributed by atoms with Crippen LogP contribution in [0.3, 0.4) is 0 Å². The number of fused-ring (bicyclic) bond motifs is 1. The normalized spacial score (nSPS) is 16.9. The minimum absolute atomic E-state index is 0.192. The SMILES string of the molecule is CC(C)(C)OCC(O)CN1CCCc2cc(F)ccc21. The first-order valence-electron chi connectivity index (χ1n) is 7.20. The molecule has 20 heavy (non-hydrogen) atoms. The number of rotatable bonds is 4. The molecular weight excluding hydrogens is 257 g/mol. The summed E-state index contributed by atoms with van der Waals surface area (Å²) in [5, 5.41) is 10.1. The van der Waals surface area contributed by atoms with Gasteiger partial charge in [-0.1, -0.05) is 0 Å². The maximum Gasteiger partial charge on any atom is 0.123 e. The first kappa shape index (κ1) is 15.3. The molecule has 0 aromatic heterocycles. The van der Waals surface area contributed by atoms with Crippen LogP contribution in [0.25, 0.3) is 0 Å². The van der Waals surface area contributed by atoms with Gasteiger partial charge in [0.05, 0.1) is 18.3 Å². The molecule has 0 fully saturated rings. The first-order chi connectivity index (χ1) is 9.35. The van der Waals surface area contributed by atoms with Crippen LogP contribution in [0.4, 0.5) is 10.1 Å². The van der Waals surface area contributed by atoms with Crippen molar-refractivity contribution in [3.05, 3.63) is 29.6 Å². The van der Waals surface area contributed by atoms with Gasteiger partial charge in [-0.15, -0.1) is 0 Å². The summed E-state index contributed by atoms with van der Waals surface area (Å²) in [5.41, 5.74) is 1.82. The molecule has 3 nitrogen and oxygen atoms in total. The molecular formula is C16H24FNO2. The second-order valence-electron chi connectivity index (χ2n) is 6.40. The van der Waals surface area contributed by atoms with E-state index in [2.05, 4.69) is 4.90 Å². The summed E-state index contributed by atoms with van der Waals surface area (Å²) in [6, 6.07) is 4.88. The van der Waals surface area contributed by atoms with Crippen molar-refractivity contribution in [2.75, 3.05) is 24.6 Å². The van der Waals surface area contributed by atoms with E-state index in [9.17, 15) is 9.50 Å². The minimum Gasteiger partial charge on any atom is -0.389 e. The Morgan fingerprint density at radius 1 is 1.40 bits per heavy atom. The largest absolute Gasteiger partial charge is 0.389 e. The summed E-state index contributed by atoms with van der Waals surface area (Å²) < 4.78 is 18.9. The second-order valence-corrected chi connectivity index (χ2v) is 6.40. The van der Waals surface area contributed by atoms with Crippen molar-refractivity contribution in [1.82, 2.24) is 0 Å². The standard InChI is InChI=1S/C16H24FNO2/c1-16(2,3)20-11-14(19)10-18-8-4-5-12-9-13(17)6-7-15(12)18/h6-7,9,14,19H,4-5,8,10-11H2,1-3H3. The molecule has 1 N–H and O–H groups in total. The van der Waals surface area contributed by atoms with Gasteiger partial charge in [0.25, 0.3) is 0 Å². The number of ether oxygens (including phenoxy) is 1. The topological polar surface area (TPSA) is 32.7 Å². The lowest BCUT2D eigenvalue weighted by Gasteiger charge is -2.33. The quantitative estimate of drug-likeness (QED) is 0.921. The molecule has 0 bridgehead atoms. The summed E-state index contributed by atoms with van der Waals surface area (Å²) in [5.74, 6) is -0.192. The lowest BCUT2D eigenvalue weighted by atomic mass is 10.0. The van der Waals surface area contributed by atoms with Crippen LogP contribution in [0, 0.1) is 5.82 Å². The zero-order chi connectivity index (χ0) is 14.8. The van der Waals surface area contributed by atoms with Crippen LogP contribution in [0.5, 0.6) is 0 Å². The molecule has 1 aromatic rings. The average Bonchev–Trinajstić information content (AvgIpc) is 2.35. The van der Waals surface area contributed by atoms with Gasteiger partial charge < -0.3 is 14.7 Å². The van der Waals surface area contributed by atoms with Crippen molar-refractivity contribution in [3.63, 3.8) is 0 Å². The molecule has 4 heteroatoms.